The summed E-state index contributed by atoms with van der Waals surface area (Å²) in [5.74, 6) is -0.578. The first kappa shape index (κ1) is 12.3. The zero-order valence-corrected chi connectivity index (χ0v) is 10.1. The number of aromatic nitrogens is 2. The van der Waals surface area contributed by atoms with E-state index >= 15 is 0 Å². The van der Waals surface area contributed by atoms with E-state index in [-0.39, 0.29) is 30.1 Å². The van der Waals surface area contributed by atoms with E-state index in [0.717, 1.165) is 12.8 Å². The van der Waals surface area contributed by atoms with Gasteiger partial charge in [-0.25, -0.2) is 9.97 Å². The van der Waals surface area contributed by atoms with Crippen LogP contribution >= 0.6 is 0 Å². The van der Waals surface area contributed by atoms with E-state index in [1.807, 2.05) is 0 Å². The maximum atomic E-state index is 11.7. The molecule has 1 aromatic rings. The minimum Gasteiger partial charge on any atom is -0.368 e. The van der Waals surface area contributed by atoms with Gasteiger partial charge in [-0.15, -0.1) is 0 Å². The monoisotopic (exact) mass is 249 g/mol. The zero-order chi connectivity index (χ0) is 13.1. The van der Waals surface area contributed by atoms with Crippen LogP contribution in [-0.2, 0) is 4.79 Å². The summed E-state index contributed by atoms with van der Waals surface area (Å²) in [5.41, 5.74) is 6.22. The van der Waals surface area contributed by atoms with Crippen LogP contribution in [0.1, 0.15) is 29.0 Å². The summed E-state index contributed by atoms with van der Waals surface area (Å²) in [6.07, 6.45) is 2.03. The molecule has 2 rings (SSSR count). The number of carbonyl (C=O) groups excluding carboxylic acids is 2. The molecule has 0 unspecified atom stereocenters. The van der Waals surface area contributed by atoms with Crippen LogP contribution in [0.25, 0.3) is 0 Å². The van der Waals surface area contributed by atoms with E-state index in [1.54, 1.807) is 6.92 Å². The van der Waals surface area contributed by atoms with E-state index in [4.69, 9.17) is 5.73 Å². The molecule has 0 bridgehead atoms. The second-order valence-corrected chi connectivity index (χ2v) is 4.28. The van der Waals surface area contributed by atoms with Crippen molar-refractivity contribution in [2.45, 2.75) is 25.8 Å². The Kier molecular flexibility index (Phi) is 3.40. The standard InChI is InChI=1S/C11H15N5O2/c1-6-4-8(16-11(12)14-6)10(18)13-5-9(17)15-7-2-3-7/h4,7H,2-3,5H2,1H3,(H,13,18)(H,15,17)(H2,12,14,16). The van der Waals surface area contributed by atoms with Crippen LogP contribution in [0.3, 0.4) is 0 Å². The molecule has 1 aromatic heterocycles. The topological polar surface area (TPSA) is 110 Å². The molecular formula is C11H15N5O2. The van der Waals surface area contributed by atoms with Crippen LogP contribution in [0.5, 0.6) is 0 Å². The first-order chi connectivity index (χ1) is 8.54. The van der Waals surface area contributed by atoms with Gasteiger partial charge in [0.25, 0.3) is 5.91 Å². The average Bonchev–Trinajstić information content (AvgIpc) is 3.08. The molecule has 0 atom stereocenters. The van der Waals surface area contributed by atoms with Gasteiger partial charge in [-0.3, -0.25) is 9.59 Å². The second-order valence-electron chi connectivity index (χ2n) is 4.28. The number of hydrogen-bond acceptors (Lipinski definition) is 5. The van der Waals surface area contributed by atoms with Crippen LogP contribution in [-0.4, -0.2) is 34.4 Å². The summed E-state index contributed by atoms with van der Waals surface area (Å²) in [6.45, 7) is 1.66. The Morgan fingerprint density at radius 3 is 2.78 bits per heavy atom. The summed E-state index contributed by atoms with van der Waals surface area (Å²) in [4.78, 5) is 30.8. The van der Waals surface area contributed by atoms with E-state index in [0.29, 0.717) is 5.69 Å². The van der Waals surface area contributed by atoms with Crippen molar-refractivity contribution in [2.24, 2.45) is 0 Å². The number of hydrogen-bond donors (Lipinski definition) is 3. The van der Waals surface area contributed by atoms with Crippen molar-refractivity contribution in [2.75, 3.05) is 12.3 Å². The molecule has 0 radical (unpaired) electrons. The molecule has 2 amide bonds. The highest BCUT2D eigenvalue weighted by atomic mass is 16.2. The second kappa shape index (κ2) is 4.99. The molecule has 1 aliphatic rings. The van der Waals surface area contributed by atoms with Gasteiger partial charge < -0.3 is 16.4 Å². The van der Waals surface area contributed by atoms with Crippen molar-refractivity contribution in [3.8, 4) is 0 Å². The van der Waals surface area contributed by atoms with Gasteiger partial charge in [0.15, 0.2) is 0 Å². The van der Waals surface area contributed by atoms with Gasteiger partial charge in [-0.1, -0.05) is 0 Å². The first-order valence-electron chi connectivity index (χ1n) is 5.73. The smallest absolute Gasteiger partial charge is 0.270 e. The highest BCUT2D eigenvalue weighted by molar-refractivity contribution is 5.95. The van der Waals surface area contributed by atoms with Gasteiger partial charge in [0, 0.05) is 11.7 Å². The maximum Gasteiger partial charge on any atom is 0.270 e. The van der Waals surface area contributed by atoms with Crippen molar-refractivity contribution in [1.82, 2.24) is 20.6 Å². The van der Waals surface area contributed by atoms with Crippen molar-refractivity contribution < 1.29 is 9.59 Å². The molecule has 18 heavy (non-hydrogen) atoms. The van der Waals surface area contributed by atoms with Crippen molar-refractivity contribution in [3.05, 3.63) is 17.5 Å². The molecule has 0 aromatic carbocycles. The normalized spacial score (nSPS) is 14.1. The lowest BCUT2D eigenvalue weighted by Gasteiger charge is -2.06. The molecular weight excluding hydrogens is 234 g/mol. The molecule has 1 saturated carbocycles. The Labute approximate surface area is 104 Å². The van der Waals surface area contributed by atoms with Gasteiger partial charge in [0.05, 0.1) is 6.54 Å². The Bertz CT molecular complexity index is 464. The molecule has 96 valence electrons. The van der Waals surface area contributed by atoms with Crippen LogP contribution in [0.15, 0.2) is 6.07 Å². The Morgan fingerprint density at radius 2 is 2.17 bits per heavy atom. The summed E-state index contributed by atoms with van der Waals surface area (Å²) >= 11 is 0. The molecule has 7 heteroatoms. The third-order valence-electron chi connectivity index (χ3n) is 2.46. The minimum absolute atomic E-state index is 0.0441. The van der Waals surface area contributed by atoms with Gasteiger partial charge >= 0.3 is 0 Å². The van der Waals surface area contributed by atoms with E-state index in [9.17, 15) is 9.59 Å². The largest absolute Gasteiger partial charge is 0.368 e. The molecule has 1 fully saturated rings. The van der Waals surface area contributed by atoms with Crippen molar-refractivity contribution >= 4 is 17.8 Å². The van der Waals surface area contributed by atoms with Crippen LogP contribution < -0.4 is 16.4 Å². The van der Waals surface area contributed by atoms with E-state index < -0.39 is 5.91 Å². The minimum atomic E-state index is -0.432. The number of amides is 2. The average molecular weight is 249 g/mol. The Hall–Kier alpha value is -2.18. The van der Waals surface area contributed by atoms with Crippen molar-refractivity contribution in [1.29, 1.82) is 0 Å². The van der Waals surface area contributed by atoms with E-state index in [2.05, 4.69) is 20.6 Å². The molecule has 0 saturated heterocycles. The molecule has 4 N–H and O–H groups in total. The molecule has 0 spiro atoms. The number of nitrogens with zero attached hydrogens (tertiary/aromatic N) is 2. The third-order valence-corrected chi connectivity index (χ3v) is 2.46. The lowest BCUT2D eigenvalue weighted by molar-refractivity contribution is -0.120. The predicted molar refractivity (Wildman–Crippen MR) is 64.7 cm³/mol. The number of carbonyl (C=O) groups is 2. The highest BCUT2D eigenvalue weighted by Crippen LogP contribution is 2.18. The summed E-state index contributed by atoms with van der Waals surface area (Å²) in [6, 6.07) is 1.80. The van der Waals surface area contributed by atoms with Gasteiger partial charge in [0.1, 0.15) is 5.69 Å². The SMILES string of the molecule is Cc1cc(C(=O)NCC(=O)NC2CC2)nc(N)n1. The third kappa shape index (κ3) is 3.41. The Morgan fingerprint density at radius 1 is 1.44 bits per heavy atom. The highest BCUT2D eigenvalue weighted by Gasteiger charge is 2.23. The lowest BCUT2D eigenvalue weighted by Crippen LogP contribution is -2.38. The van der Waals surface area contributed by atoms with Gasteiger partial charge in [-0.2, -0.15) is 0 Å². The summed E-state index contributed by atoms with van der Waals surface area (Å²) in [7, 11) is 0. The fourth-order valence-corrected chi connectivity index (χ4v) is 1.47. The lowest BCUT2D eigenvalue weighted by atomic mass is 10.3. The van der Waals surface area contributed by atoms with Crippen LogP contribution in [0, 0.1) is 6.92 Å². The van der Waals surface area contributed by atoms with Crippen LogP contribution in [0.2, 0.25) is 0 Å². The fourth-order valence-electron chi connectivity index (χ4n) is 1.47. The maximum absolute atomic E-state index is 11.7. The van der Waals surface area contributed by atoms with E-state index in [1.165, 1.54) is 6.07 Å². The fraction of sp³-hybridized carbons (Fsp3) is 0.455. The first-order valence-corrected chi connectivity index (χ1v) is 5.73. The molecule has 0 aliphatic heterocycles. The predicted octanol–water partition coefficient (Wildman–Crippen LogP) is -0.624. The van der Waals surface area contributed by atoms with Crippen LogP contribution in [0.4, 0.5) is 5.95 Å². The van der Waals surface area contributed by atoms with Gasteiger partial charge in [0.2, 0.25) is 11.9 Å². The Balaban J connectivity index is 1.88. The summed E-state index contributed by atoms with van der Waals surface area (Å²) < 4.78 is 0. The zero-order valence-electron chi connectivity index (χ0n) is 10.1. The molecule has 1 aliphatic carbocycles. The summed E-state index contributed by atoms with van der Waals surface area (Å²) in [5, 5.41) is 5.26. The molecule has 1 heterocycles. The number of anilines is 1. The number of nitrogens with one attached hydrogen (secondary N) is 2. The number of rotatable bonds is 4. The number of nitrogens with two attached hydrogens (primary N) is 1. The van der Waals surface area contributed by atoms with Gasteiger partial charge in [-0.05, 0) is 25.8 Å². The molecule has 7 nitrogen and oxygen atoms in total. The quantitative estimate of drug-likeness (QED) is 0.658. The number of aryl methyl sites for hydroxylation is 1. The number of nitrogen functional groups attached to an aromatic ring is 1. The van der Waals surface area contributed by atoms with Crippen molar-refractivity contribution in [3.63, 3.8) is 0 Å².